The molecule has 10 heteroatoms. The number of carbonyl (C=O) groups excluding carboxylic acids is 1. The lowest BCUT2D eigenvalue weighted by Crippen LogP contribution is -2.28. The average Bonchev–Trinajstić information content (AvgIpc) is 3.15. The van der Waals surface area contributed by atoms with Crippen LogP contribution >= 0.6 is 11.8 Å². The van der Waals surface area contributed by atoms with E-state index in [1.165, 1.54) is 10.7 Å². The van der Waals surface area contributed by atoms with Gasteiger partial charge >= 0.3 is 0 Å². The summed E-state index contributed by atoms with van der Waals surface area (Å²) in [6, 6.07) is 9.78. The van der Waals surface area contributed by atoms with Crippen molar-refractivity contribution in [3.63, 3.8) is 0 Å². The molecule has 0 aliphatic rings. The monoisotopic (exact) mass is 405 g/mol. The van der Waals surface area contributed by atoms with E-state index >= 15 is 0 Å². The molecule has 1 amide bonds. The van der Waals surface area contributed by atoms with Crippen LogP contribution in [-0.4, -0.2) is 39.0 Å². The molecule has 1 aromatic heterocycles. The van der Waals surface area contributed by atoms with Gasteiger partial charge in [-0.2, -0.15) is 4.68 Å². The number of tetrazole rings is 1. The summed E-state index contributed by atoms with van der Waals surface area (Å²) in [6.45, 7) is 1.63. The number of ether oxygens (including phenoxy) is 1. The van der Waals surface area contributed by atoms with Crippen molar-refractivity contribution in [2.75, 3.05) is 12.9 Å². The van der Waals surface area contributed by atoms with E-state index < -0.39 is 17.7 Å². The van der Waals surface area contributed by atoms with E-state index in [0.29, 0.717) is 10.9 Å². The number of halogens is 2. The van der Waals surface area contributed by atoms with Gasteiger partial charge in [-0.25, -0.2) is 8.78 Å². The molecule has 28 heavy (non-hydrogen) atoms. The Morgan fingerprint density at radius 1 is 1.25 bits per heavy atom. The molecule has 1 atom stereocenters. The van der Waals surface area contributed by atoms with Gasteiger partial charge in [-0.05, 0) is 47.7 Å². The zero-order chi connectivity index (χ0) is 20.1. The van der Waals surface area contributed by atoms with Crippen molar-refractivity contribution in [1.29, 1.82) is 0 Å². The van der Waals surface area contributed by atoms with Crippen molar-refractivity contribution in [2.24, 2.45) is 0 Å². The molecule has 0 radical (unpaired) electrons. The Hall–Kier alpha value is -3.01. The van der Waals surface area contributed by atoms with E-state index in [-0.39, 0.29) is 17.2 Å². The quantitative estimate of drug-likeness (QED) is 0.609. The number of methoxy groups -OCH3 is 1. The smallest absolute Gasteiger partial charge is 0.230 e. The Morgan fingerprint density at radius 3 is 2.68 bits per heavy atom. The molecule has 146 valence electrons. The lowest BCUT2D eigenvalue weighted by atomic mass is 10.1. The van der Waals surface area contributed by atoms with E-state index in [1.54, 1.807) is 38.3 Å². The van der Waals surface area contributed by atoms with Gasteiger partial charge in [-0.15, -0.1) is 5.10 Å². The van der Waals surface area contributed by atoms with E-state index in [2.05, 4.69) is 20.8 Å². The second-order valence-electron chi connectivity index (χ2n) is 5.82. The molecule has 0 saturated heterocycles. The van der Waals surface area contributed by atoms with Crippen molar-refractivity contribution in [3.05, 3.63) is 59.7 Å². The molecule has 1 N–H and O–H groups in total. The summed E-state index contributed by atoms with van der Waals surface area (Å²) in [4.78, 5) is 12.2. The predicted octanol–water partition coefficient (Wildman–Crippen LogP) is 2.92. The number of amides is 1. The molecule has 1 heterocycles. The summed E-state index contributed by atoms with van der Waals surface area (Å²) in [5.41, 5.74) is 0.929. The first kappa shape index (κ1) is 19.7. The van der Waals surface area contributed by atoms with Gasteiger partial charge < -0.3 is 10.1 Å². The summed E-state index contributed by atoms with van der Waals surface area (Å²) in [7, 11) is 1.57. The fourth-order valence-corrected chi connectivity index (χ4v) is 3.20. The van der Waals surface area contributed by atoms with Crippen molar-refractivity contribution < 1.29 is 18.3 Å². The Morgan fingerprint density at radius 2 is 2.00 bits per heavy atom. The molecule has 3 rings (SSSR count). The summed E-state index contributed by atoms with van der Waals surface area (Å²) in [5.74, 6) is -0.966. The minimum absolute atomic E-state index is 0.0314. The molecule has 7 nitrogen and oxygen atoms in total. The van der Waals surface area contributed by atoms with Crippen LogP contribution in [0.5, 0.6) is 5.75 Å². The minimum atomic E-state index is -0.705. The summed E-state index contributed by atoms with van der Waals surface area (Å²) >= 11 is 1.14. The largest absolute Gasteiger partial charge is 0.497 e. The molecular weight excluding hydrogens is 388 g/mol. The first-order valence-corrected chi connectivity index (χ1v) is 9.26. The first-order valence-electron chi connectivity index (χ1n) is 8.28. The molecule has 0 fully saturated rings. The summed E-state index contributed by atoms with van der Waals surface area (Å²) < 4.78 is 33.5. The number of nitrogens with zero attached hydrogens (tertiary/aromatic N) is 4. The molecule has 3 aromatic rings. The fourth-order valence-electron chi connectivity index (χ4n) is 2.50. The maximum Gasteiger partial charge on any atom is 0.230 e. The van der Waals surface area contributed by atoms with Crippen LogP contribution in [0, 0.1) is 11.6 Å². The molecule has 0 aliphatic heterocycles. The maximum atomic E-state index is 13.8. The summed E-state index contributed by atoms with van der Waals surface area (Å²) in [5, 5.41) is 14.6. The number of hydrogen-bond acceptors (Lipinski definition) is 6. The predicted molar refractivity (Wildman–Crippen MR) is 99.3 cm³/mol. The zero-order valence-electron chi connectivity index (χ0n) is 15.1. The number of rotatable bonds is 7. The number of thioether (sulfide) groups is 1. The van der Waals surface area contributed by atoms with E-state index in [1.807, 2.05) is 0 Å². The minimum Gasteiger partial charge on any atom is -0.497 e. The fraction of sp³-hybridized carbons (Fsp3) is 0.222. The van der Waals surface area contributed by atoms with Gasteiger partial charge in [0.1, 0.15) is 17.4 Å². The number of carbonyl (C=O) groups is 1. The average molecular weight is 405 g/mol. The number of hydrogen-bond donors (Lipinski definition) is 1. The number of benzene rings is 2. The van der Waals surface area contributed by atoms with Crippen LogP contribution in [-0.2, 0) is 4.79 Å². The van der Waals surface area contributed by atoms with Crippen LogP contribution in [0.15, 0.2) is 47.6 Å². The van der Waals surface area contributed by atoms with Gasteiger partial charge in [0, 0.05) is 11.6 Å². The van der Waals surface area contributed by atoms with Crippen molar-refractivity contribution in [3.8, 4) is 11.4 Å². The zero-order valence-corrected chi connectivity index (χ0v) is 15.9. The molecule has 0 bridgehead atoms. The summed E-state index contributed by atoms with van der Waals surface area (Å²) in [6.07, 6.45) is 0. The molecule has 0 saturated carbocycles. The van der Waals surface area contributed by atoms with Crippen molar-refractivity contribution in [2.45, 2.75) is 18.1 Å². The van der Waals surface area contributed by atoms with Crippen LogP contribution in [0.4, 0.5) is 8.78 Å². The van der Waals surface area contributed by atoms with Gasteiger partial charge in [0.05, 0.1) is 24.6 Å². The Balaban J connectivity index is 1.61. The molecule has 2 aromatic carbocycles. The lowest BCUT2D eigenvalue weighted by molar-refractivity contribution is -0.119. The van der Waals surface area contributed by atoms with Gasteiger partial charge in [0.2, 0.25) is 11.1 Å². The van der Waals surface area contributed by atoms with Crippen LogP contribution in [0.2, 0.25) is 0 Å². The second-order valence-corrected chi connectivity index (χ2v) is 6.76. The Kier molecular flexibility index (Phi) is 6.19. The van der Waals surface area contributed by atoms with Gasteiger partial charge in [-0.1, -0.05) is 17.8 Å². The van der Waals surface area contributed by atoms with Gasteiger partial charge in [0.15, 0.2) is 0 Å². The van der Waals surface area contributed by atoms with Crippen LogP contribution in [0.25, 0.3) is 5.69 Å². The third-order valence-electron chi connectivity index (χ3n) is 3.90. The molecule has 0 spiro atoms. The SMILES string of the molecule is COc1ccc(-n2nnnc2SCC(=O)N[C@@H](C)c2ccc(F)cc2F)cc1. The Labute approximate surface area is 164 Å². The van der Waals surface area contributed by atoms with Crippen LogP contribution < -0.4 is 10.1 Å². The number of aromatic nitrogens is 4. The van der Waals surface area contributed by atoms with Crippen molar-refractivity contribution >= 4 is 17.7 Å². The molecule has 0 aliphatic carbocycles. The highest BCUT2D eigenvalue weighted by atomic mass is 32.2. The number of nitrogens with one attached hydrogen (secondary N) is 1. The topological polar surface area (TPSA) is 81.9 Å². The van der Waals surface area contributed by atoms with E-state index in [4.69, 9.17) is 4.74 Å². The van der Waals surface area contributed by atoms with E-state index in [9.17, 15) is 13.6 Å². The molecular formula is C18H17F2N5O2S. The first-order chi connectivity index (χ1) is 13.5. The highest BCUT2D eigenvalue weighted by Gasteiger charge is 2.16. The third kappa shape index (κ3) is 4.63. The highest BCUT2D eigenvalue weighted by molar-refractivity contribution is 7.99. The van der Waals surface area contributed by atoms with Gasteiger partial charge in [-0.3, -0.25) is 4.79 Å². The second kappa shape index (κ2) is 8.79. The highest BCUT2D eigenvalue weighted by Crippen LogP contribution is 2.21. The standard InChI is InChI=1S/C18H17F2N5O2S/c1-11(15-8-3-12(19)9-16(15)20)21-17(26)10-28-18-22-23-24-25(18)13-4-6-14(27-2)7-5-13/h3-9,11H,10H2,1-2H3,(H,21,26)/t11-/m0/s1. The molecule has 0 unspecified atom stereocenters. The third-order valence-corrected chi connectivity index (χ3v) is 4.82. The normalized spacial score (nSPS) is 11.9. The lowest BCUT2D eigenvalue weighted by Gasteiger charge is -2.15. The Bertz CT molecular complexity index is 965. The van der Waals surface area contributed by atoms with Gasteiger partial charge in [0.25, 0.3) is 0 Å². The van der Waals surface area contributed by atoms with Crippen molar-refractivity contribution in [1.82, 2.24) is 25.5 Å². The van der Waals surface area contributed by atoms with Crippen LogP contribution in [0.3, 0.4) is 0 Å². The maximum absolute atomic E-state index is 13.8. The van der Waals surface area contributed by atoms with E-state index in [0.717, 1.165) is 29.6 Å². The van der Waals surface area contributed by atoms with Crippen LogP contribution in [0.1, 0.15) is 18.5 Å².